The van der Waals surface area contributed by atoms with E-state index >= 15 is 0 Å². The molecule has 3 aromatic rings. The molecule has 2 aliphatic heterocycles. The molecule has 0 saturated carbocycles. The maximum atomic E-state index is 13.4. The Kier molecular flexibility index (Phi) is 4.17. The summed E-state index contributed by atoms with van der Waals surface area (Å²) in [7, 11) is -3.82. The van der Waals surface area contributed by atoms with Crippen LogP contribution in [0.5, 0.6) is 0 Å². The van der Waals surface area contributed by atoms with Crippen LogP contribution in [0.3, 0.4) is 0 Å². The highest BCUT2D eigenvalue weighted by Crippen LogP contribution is 2.42. The van der Waals surface area contributed by atoms with Gasteiger partial charge in [0.1, 0.15) is 6.54 Å². The van der Waals surface area contributed by atoms with Crippen molar-refractivity contribution in [1.82, 2.24) is 0 Å². The van der Waals surface area contributed by atoms with Gasteiger partial charge in [-0.2, -0.15) is 0 Å². The molecule has 0 saturated heterocycles. The van der Waals surface area contributed by atoms with Crippen LogP contribution in [0.1, 0.15) is 12.0 Å². The second-order valence-corrected chi connectivity index (χ2v) is 9.13. The number of nitrogens with zero attached hydrogens (tertiary/aromatic N) is 2. The van der Waals surface area contributed by atoms with Gasteiger partial charge in [-0.05, 0) is 36.6 Å². The van der Waals surface area contributed by atoms with Crippen molar-refractivity contribution >= 4 is 27.3 Å². The molecule has 29 heavy (non-hydrogen) atoms. The van der Waals surface area contributed by atoms with Crippen molar-refractivity contribution in [1.29, 1.82) is 0 Å². The van der Waals surface area contributed by atoms with Crippen molar-refractivity contribution in [2.75, 3.05) is 22.3 Å². The number of carbonyl (C=O) groups excluding carboxylic acids is 1. The van der Waals surface area contributed by atoms with Crippen LogP contribution in [0.2, 0.25) is 0 Å². The molecule has 0 N–H and O–H groups in total. The quantitative estimate of drug-likeness (QED) is 0.652. The number of carbonyl (C=O) groups is 1. The lowest BCUT2D eigenvalue weighted by Gasteiger charge is -2.35. The van der Waals surface area contributed by atoms with Crippen molar-refractivity contribution in [2.24, 2.45) is 0 Å². The predicted octanol–water partition coefficient (Wildman–Crippen LogP) is 3.84. The summed E-state index contributed by atoms with van der Waals surface area (Å²) in [6.07, 6.45) is 1.80. The zero-order chi connectivity index (χ0) is 20.0. The fourth-order valence-electron chi connectivity index (χ4n) is 4.25. The molecule has 0 atom stereocenters. The van der Waals surface area contributed by atoms with Gasteiger partial charge in [-0.25, -0.2) is 8.42 Å². The van der Waals surface area contributed by atoms with Crippen LogP contribution in [-0.4, -0.2) is 27.4 Å². The largest absolute Gasteiger partial charge is 0.311 e. The molecule has 2 heterocycles. The third kappa shape index (κ3) is 2.83. The van der Waals surface area contributed by atoms with Gasteiger partial charge >= 0.3 is 0 Å². The van der Waals surface area contributed by atoms with Gasteiger partial charge in [-0.15, -0.1) is 0 Å². The number of benzene rings is 3. The molecule has 2 aliphatic rings. The van der Waals surface area contributed by atoms with Crippen molar-refractivity contribution in [3.63, 3.8) is 0 Å². The third-order valence-corrected chi connectivity index (χ3v) is 7.43. The van der Waals surface area contributed by atoms with E-state index in [2.05, 4.69) is 0 Å². The lowest BCUT2D eigenvalue weighted by molar-refractivity contribution is -0.117. The van der Waals surface area contributed by atoms with Crippen LogP contribution in [0, 0.1) is 0 Å². The van der Waals surface area contributed by atoms with E-state index in [1.54, 1.807) is 29.2 Å². The Morgan fingerprint density at radius 3 is 2.31 bits per heavy atom. The van der Waals surface area contributed by atoms with E-state index in [1.165, 1.54) is 4.31 Å². The SMILES string of the molecule is O=C(CN1c2ccccc2-c2ccccc2S1(=O)=O)N1CCCc2ccccc21. The number of fused-ring (bicyclic) bond motifs is 4. The lowest BCUT2D eigenvalue weighted by Crippen LogP contribution is -2.46. The Morgan fingerprint density at radius 1 is 0.828 bits per heavy atom. The Labute approximate surface area is 170 Å². The zero-order valence-corrected chi connectivity index (χ0v) is 16.6. The van der Waals surface area contributed by atoms with Crippen molar-refractivity contribution in [2.45, 2.75) is 17.7 Å². The summed E-state index contributed by atoms with van der Waals surface area (Å²) >= 11 is 0. The summed E-state index contributed by atoms with van der Waals surface area (Å²) < 4.78 is 28.0. The second kappa shape index (κ2) is 6.74. The first-order chi connectivity index (χ1) is 14.1. The van der Waals surface area contributed by atoms with E-state index in [0.717, 1.165) is 29.7 Å². The Morgan fingerprint density at radius 2 is 1.48 bits per heavy atom. The van der Waals surface area contributed by atoms with Crippen LogP contribution in [0.15, 0.2) is 77.7 Å². The summed E-state index contributed by atoms with van der Waals surface area (Å²) in [5, 5.41) is 0. The van der Waals surface area contributed by atoms with E-state index in [1.807, 2.05) is 48.5 Å². The van der Waals surface area contributed by atoms with Gasteiger partial charge in [0.05, 0.1) is 10.6 Å². The normalized spacial score (nSPS) is 16.6. The van der Waals surface area contributed by atoms with E-state index < -0.39 is 10.0 Å². The smallest absolute Gasteiger partial charge is 0.265 e. The Bertz CT molecular complexity index is 1220. The maximum Gasteiger partial charge on any atom is 0.265 e. The lowest BCUT2D eigenvalue weighted by atomic mass is 10.0. The molecule has 0 spiro atoms. The number of anilines is 2. The molecular formula is C23H20N2O3S. The number of para-hydroxylation sites is 2. The average Bonchev–Trinajstić information content (AvgIpc) is 2.76. The first kappa shape index (κ1) is 17.9. The molecule has 146 valence electrons. The minimum absolute atomic E-state index is 0.213. The molecule has 1 amide bonds. The van der Waals surface area contributed by atoms with Gasteiger partial charge in [0, 0.05) is 23.4 Å². The number of amides is 1. The number of hydrogen-bond donors (Lipinski definition) is 0. The topological polar surface area (TPSA) is 57.7 Å². The van der Waals surface area contributed by atoms with Crippen molar-refractivity contribution in [3.05, 3.63) is 78.4 Å². The van der Waals surface area contributed by atoms with Crippen molar-refractivity contribution < 1.29 is 13.2 Å². The maximum absolute atomic E-state index is 13.4. The van der Waals surface area contributed by atoms with Gasteiger partial charge in [0.2, 0.25) is 5.91 Å². The molecule has 0 fully saturated rings. The first-order valence-corrected chi connectivity index (χ1v) is 11.1. The van der Waals surface area contributed by atoms with Gasteiger partial charge in [-0.3, -0.25) is 9.10 Å². The number of hydrogen-bond acceptors (Lipinski definition) is 3. The standard InChI is InChI=1S/C23H20N2O3S/c26-23(24-15-7-9-17-8-1-4-12-20(17)24)16-25-21-13-5-2-10-18(21)19-11-3-6-14-22(19)29(25,27)28/h1-6,8,10-14H,7,9,15-16H2. The van der Waals surface area contributed by atoms with Crippen LogP contribution < -0.4 is 9.21 Å². The Balaban J connectivity index is 1.56. The molecule has 0 bridgehead atoms. The van der Waals surface area contributed by atoms with Crippen molar-refractivity contribution in [3.8, 4) is 11.1 Å². The number of aryl methyl sites for hydroxylation is 1. The molecule has 0 unspecified atom stereocenters. The number of rotatable bonds is 2. The highest BCUT2D eigenvalue weighted by Gasteiger charge is 2.37. The molecule has 0 aliphatic carbocycles. The molecule has 3 aromatic carbocycles. The molecule has 5 nitrogen and oxygen atoms in total. The third-order valence-electron chi connectivity index (χ3n) is 5.61. The summed E-state index contributed by atoms with van der Waals surface area (Å²) in [4.78, 5) is 15.2. The Hall–Kier alpha value is -3.12. The van der Waals surface area contributed by atoms with Gasteiger partial charge in [0.15, 0.2) is 0 Å². The predicted molar refractivity (Wildman–Crippen MR) is 114 cm³/mol. The molecule has 0 aromatic heterocycles. The zero-order valence-electron chi connectivity index (χ0n) is 15.8. The van der Waals surface area contributed by atoms with E-state index in [9.17, 15) is 13.2 Å². The summed E-state index contributed by atoms with van der Waals surface area (Å²) in [5.41, 5.74) is 4.05. The minimum atomic E-state index is -3.82. The van der Waals surface area contributed by atoms with Crippen LogP contribution >= 0.6 is 0 Å². The van der Waals surface area contributed by atoms with Crippen LogP contribution in [0.25, 0.3) is 11.1 Å². The second-order valence-electron chi connectivity index (χ2n) is 7.30. The summed E-state index contributed by atoms with van der Waals surface area (Å²) in [6, 6.07) is 22.1. The van der Waals surface area contributed by atoms with Gasteiger partial charge in [-0.1, -0.05) is 54.6 Å². The van der Waals surface area contributed by atoms with E-state index in [4.69, 9.17) is 0 Å². The molecular weight excluding hydrogens is 384 g/mol. The fourth-order valence-corrected chi connectivity index (χ4v) is 5.89. The first-order valence-electron chi connectivity index (χ1n) is 9.67. The van der Waals surface area contributed by atoms with Crippen LogP contribution in [-0.2, 0) is 21.2 Å². The van der Waals surface area contributed by atoms with E-state index in [0.29, 0.717) is 17.8 Å². The molecule has 6 heteroatoms. The number of sulfonamides is 1. The average molecular weight is 404 g/mol. The van der Waals surface area contributed by atoms with E-state index in [-0.39, 0.29) is 17.3 Å². The highest BCUT2D eigenvalue weighted by molar-refractivity contribution is 7.93. The van der Waals surface area contributed by atoms with Gasteiger partial charge in [0.25, 0.3) is 10.0 Å². The van der Waals surface area contributed by atoms with Crippen LogP contribution in [0.4, 0.5) is 11.4 Å². The molecule has 0 radical (unpaired) electrons. The van der Waals surface area contributed by atoms with Gasteiger partial charge < -0.3 is 4.90 Å². The summed E-state index contributed by atoms with van der Waals surface area (Å²) in [6.45, 7) is 0.379. The molecule has 5 rings (SSSR count). The summed E-state index contributed by atoms with van der Waals surface area (Å²) in [5.74, 6) is -0.213. The minimum Gasteiger partial charge on any atom is -0.311 e. The monoisotopic (exact) mass is 404 g/mol. The highest BCUT2D eigenvalue weighted by atomic mass is 32.2. The fraction of sp³-hybridized carbons (Fsp3) is 0.174.